The quantitative estimate of drug-likeness (QED) is 0.613. The molecule has 1 aromatic carbocycles. The van der Waals surface area contributed by atoms with Gasteiger partial charge >= 0.3 is 0 Å². The second kappa shape index (κ2) is 7.30. The van der Waals surface area contributed by atoms with E-state index in [1.165, 1.54) is 6.07 Å². The van der Waals surface area contributed by atoms with E-state index in [1.807, 2.05) is 0 Å². The van der Waals surface area contributed by atoms with Crippen LogP contribution in [-0.4, -0.2) is 43.4 Å². The van der Waals surface area contributed by atoms with Crippen LogP contribution in [0.2, 0.25) is 0 Å². The van der Waals surface area contributed by atoms with Crippen LogP contribution in [0.5, 0.6) is 0 Å². The van der Waals surface area contributed by atoms with Crippen LogP contribution < -0.4 is 4.90 Å². The average molecular weight is 319 g/mol. The third kappa shape index (κ3) is 3.94. The summed E-state index contributed by atoms with van der Waals surface area (Å²) in [6, 6.07) is 4.73. The van der Waals surface area contributed by atoms with Gasteiger partial charge in [0, 0.05) is 30.7 Å². The molecule has 1 aromatic rings. The van der Waals surface area contributed by atoms with E-state index in [0.717, 1.165) is 4.47 Å². The minimum absolute atomic E-state index is 0.0164. The lowest BCUT2D eigenvalue weighted by atomic mass is 10.2. The summed E-state index contributed by atoms with van der Waals surface area (Å²) in [5.41, 5.74) is 0.489. The molecular weight excluding hydrogens is 304 g/mol. The molecule has 0 atom stereocenters. The van der Waals surface area contributed by atoms with Crippen molar-refractivity contribution in [2.45, 2.75) is 0 Å². The first kappa shape index (κ1) is 14.9. The molecule has 0 aliphatic carbocycles. The van der Waals surface area contributed by atoms with Crippen LogP contribution in [-0.2, 0) is 4.74 Å². The zero-order chi connectivity index (χ0) is 13.5. The van der Waals surface area contributed by atoms with Crippen molar-refractivity contribution in [2.24, 2.45) is 0 Å². The van der Waals surface area contributed by atoms with Crippen LogP contribution in [0.15, 0.2) is 22.7 Å². The van der Waals surface area contributed by atoms with E-state index < -0.39 is 4.92 Å². The Hall–Kier alpha value is -1.18. The number of nitro groups is 1. The molecule has 0 aliphatic rings. The second-order valence-electron chi connectivity index (χ2n) is 3.59. The number of nitrogens with zero attached hydrogens (tertiary/aromatic N) is 2. The fourth-order valence-electron chi connectivity index (χ4n) is 1.58. The molecule has 0 heterocycles. The topological polar surface area (TPSA) is 75.8 Å². The lowest BCUT2D eigenvalue weighted by Gasteiger charge is -2.23. The number of hydrogen-bond acceptors (Lipinski definition) is 5. The summed E-state index contributed by atoms with van der Waals surface area (Å²) in [5, 5.41) is 20.0. The molecule has 0 amide bonds. The molecule has 6 nitrogen and oxygen atoms in total. The van der Waals surface area contributed by atoms with Gasteiger partial charge in [0.15, 0.2) is 0 Å². The first-order valence-corrected chi connectivity index (χ1v) is 6.18. The van der Waals surface area contributed by atoms with Gasteiger partial charge in [-0.25, -0.2) is 0 Å². The summed E-state index contributed by atoms with van der Waals surface area (Å²) in [7, 11) is 1.56. The van der Waals surface area contributed by atoms with Crippen LogP contribution in [0, 0.1) is 10.1 Å². The van der Waals surface area contributed by atoms with Crippen molar-refractivity contribution >= 4 is 27.3 Å². The SMILES string of the molecule is COCCN(CCO)c1cc(Br)ccc1[N+](=O)[O-]. The standard InChI is InChI=1S/C11H15BrN2O4/c1-18-7-5-13(4-6-15)11-8-9(12)2-3-10(11)14(16)17/h2-3,8,15H,4-7H2,1H3. The average Bonchev–Trinajstić information content (AvgIpc) is 2.34. The number of methoxy groups -OCH3 is 1. The number of halogens is 1. The first-order chi connectivity index (χ1) is 8.60. The van der Waals surface area contributed by atoms with Crippen LogP contribution >= 0.6 is 15.9 Å². The Morgan fingerprint density at radius 2 is 2.22 bits per heavy atom. The number of aliphatic hydroxyl groups excluding tert-OH is 1. The summed E-state index contributed by atoms with van der Waals surface area (Å²) in [5.74, 6) is 0. The van der Waals surface area contributed by atoms with Gasteiger partial charge in [0.1, 0.15) is 5.69 Å². The lowest BCUT2D eigenvalue weighted by molar-refractivity contribution is -0.384. The van der Waals surface area contributed by atoms with Gasteiger partial charge < -0.3 is 14.7 Å². The molecule has 0 fully saturated rings. The molecule has 0 aliphatic heterocycles. The minimum atomic E-state index is -0.432. The van der Waals surface area contributed by atoms with Crippen molar-refractivity contribution < 1.29 is 14.8 Å². The normalized spacial score (nSPS) is 10.4. The van der Waals surface area contributed by atoms with Crippen molar-refractivity contribution in [1.29, 1.82) is 0 Å². The molecule has 0 radical (unpaired) electrons. The summed E-state index contributed by atoms with van der Waals surface area (Å²) in [4.78, 5) is 12.3. The molecule has 7 heteroatoms. The van der Waals surface area contributed by atoms with Gasteiger partial charge in [0.2, 0.25) is 0 Å². The number of rotatable bonds is 7. The molecule has 18 heavy (non-hydrogen) atoms. The van der Waals surface area contributed by atoms with Crippen molar-refractivity contribution in [1.82, 2.24) is 0 Å². The molecule has 0 bridgehead atoms. The zero-order valence-corrected chi connectivity index (χ0v) is 11.6. The molecular formula is C11H15BrN2O4. The van der Waals surface area contributed by atoms with Crippen LogP contribution in [0.1, 0.15) is 0 Å². The molecule has 1 N–H and O–H groups in total. The third-order valence-corrected chi connectivity index (χ3v) is 2.90. The smallest absolute Gasteiger partial charge is 0.292 e. The highest BCUT2D eigenvalue weighted by atomic mass is 79.9. The number of ether oxygens (including phenoxy) is 1. The Morgan fingerprint density at radius 1 is 1.50 bits per heavy atom. The number of aliphatic hydroxyl groups is 1. The number of hydrogen-bond donors (Lipinski definition) is 1. The Morgan fingerprint density at radius 3 is 2.78 bits per heavy atom. The highest BCUT2D eigenvalue weighted by Gasteiger charge is 2.19. The van der Waals surface area contributed by atoms with Gasteiger partial charge in [-0.15, -0.1) is 0 Å². The van der Waals surface area contributed by atoms with Crippen LogP contribution in [0.25, 0.3) is 0 Å². The van der Waals surface area contributed by atoms with Gasteiger partial charge in [-0.3, -0.25) is 10.1 Å². The summed E-state index contributed by atoms with van der Waals surface area (Å²) in [6.07, 6.45) is 0. The van der Waals surface area contributed by atoms with E-state index in [-0.39, 0.29) is 12.3 Å². The summed E-state index contributed by atoms with van der Waals surface area (Å²) < 4.78 is 5.72. The fourth-order valence-corrected chi connectivity index (χ4v) is 1.93. The third-order valence-electron chi connectivity index (χ3n) is 2.41. The van der Waals surface area contributed by atoms with E-state index in [0.29, 0.717) is 25.4 Å². The minimum Gasteiger partial charge on any atom is -0.395 e. The van der Waals surface area contributed by atoms with Gasteiger partial charge in [-0.2, -0.15) is 0 Å². The second-order valence-corrected chi connectivity index (χ2v) is 4.51. The van der Waals surface area contributed by atoms with E-state index >= 15 is 0 Å². The molecule has 100 valence electrons. The van der Waals surface area contributed by atoms with E-state index in [1.54, 1.807) is 24.1 Å². The number of nitro benzene ring substituents is 1. The van der Waals surface area contributed by atoms with Crippen molar-refractivity contribution in [2.75, 3.05) is 38.3 Å². The number of benzene rings is 1. The molecule has 0 saturated heterocycles. The van der Waals surface area contributed by atoms with Gasteiger partial charge in [0.05, 0.1) is 18.1 Å². The predicted octanol–water partition coefficient (Wildman–Crippen LogP) is 1.80. The van der Waals surface area contributed by atoms with Gasteiger partial charge in [-0.05, 0) is 12.1 Å². The van der Waals surface area contributed by atoms with E-state index in [9.17, 15) is 10.1 Å². The van der Waals surface area contributed by atoms with Gasteiger partial charge in [-0.1, -0.05) is 15.9 Å². The van der Waals surface area contributed by atoms with E-state index in [2.05, 4.69) is 15.9 Å². The molecule has 0 saturated carbocycles. The fraction of sp³-hybridized carbons (Fsp3) is 0.455. The van der Waals surface area contributed by atoms with Crippen molar-refractivity contribution in [3.63, 3.8) is 0 Å². The van der Waals surface area contributed by atoms with Crippen molar-refractivity contribution in [3.8, 4) is 0 Å². The van der Waals surface area contributed by atoms with Crippen LogP contribution in [0.4, 0.5) is 11.4 Å². The maximum Gasteiger partial charge on any atom is 0.292 e. The zero-order valence-electron chi connectivity index (χ0n) is 10.0. The lowest BCUT2D eigenvalue weighted by Crippen LogP contribution is -2.30. The summed E-state index contributed by atoms with van der Waals surface area (Å²) in [6.45, 7) is 1.16. The monoisotopic (exact) mass is 318 g/mol. The highest BCUT2D eigenvalue weighted by Crippen LogP contribution is 2.31. The van der Waals surface area contributed by atoms with E-state index in [4.69, 9.17) is 9.84 Å². The van der Waals surface area contributed by atoms with Gasteiger partial charge in [0.25, 0.3) is 5.69 Å². The number of anilines is 1. The molecule has 1 rings (SSSR count). The Balaban J connectivity index is 3.07. The first-order valence-electron chi connectivity index (χ1n) is 5.38. The Kier molecular flexibility index (Phi) is 6.03. The highest BCUT2D eigenvalue weighted by molar-refractivity contribution is 9.10. The molecule has 0 unspecified atom stereocenters. The summed E-state index contributed by atoms with van der Waals surface area (Å²) >= 11 is 3.29. The maximum atomic E-state index is 11.0. The molecule has 0 spiro atoms. The largest absolute Gasteiger partial charge is 0.395 e. The molecule has 0 aromatic heterocycles. The van der Waals surface area contributed by atoms with Crippen molar-refractivity contribution in [3.05, 3.63) is 32.8 Å². The van der Waals surface area contributed by atoms with Crippen LogP contribution in [0.3, 0.4) is 0 Å². The predicted molar refractivity (Wildman–Crippen MR) is 72.0 cm³/mol. The Labute approximate surface area is 113 Å². The maximum absolute atomic E-state index is 11.0. The Bertz CT molecular complexity index is 414.